The van der Waals surface area contributed by atoms with E-state index in [2.05, 4.69) is 0 Å². The Balaban J connectivity index is 2.14. The smallest absolute Gasteiger partial charge is 0.295 e. The van der Waals surface area contributed by atoms with Gasteiger partial charge in [-0.15, -0.1) is 0 Å². The topological polar surface area (TPSA) is 66.8 Å². The molecular formula is C21H18Cl3NO4. The number of Topliss-reactive ketones (excluding diaryl/α,β-unsaturated/α-hetero) is 1. The zero-order chi connectivity index (χ0) is 21.1. The Labute approximate surface area is 183 Å². The maximum atomic E-state index is 12.8. The van der Waals surface area contributed by atoms with Crippen molar-refractivity contribution < 1.29 is 19.4 Å². The van der Waals surface area contributed by atoms with Gasteiger partial charge in [-0.05, 0) is 48.4 Å². The van der Waals surface area contributed by atoms with E-state index in [9.17, 15) is 14.7 Å². The number of ketones is 1. The van der Waals surface area contributed by atoms with Crippen LogP contribution < -0.4 is 0 Å². The van der Waals surface area contributed by atoms with Gasteiger partial charge in [0, 0.05) is 30.8 Å². The van der Waals surface area contributed by atoms with Crippen molar-refractivity contribution in [1.29, 1.82) is 0 Å². The van der Waals surface area contributed by atoms with E-state index in [-0.39, 0.29) is 22.9 Å². The number of carbonyl (C=O) groups excluding carboxylic acids is 2. The lowest BCUT2D eigenvalue weighted by Crippen LogP contribution is -2.31. The van der Waals surface area contributed by atoms with E-state index >= 15 is 0 Å². The predicted octanol–water partition coefficient (Wildman–Crippen LogP) is 5.11. The first kappa shape index (κ1) is 21.7. The van der Waals surface area contributed by atoms with Crippen LogP contribution in [0.1, 0.15) is 23.6 Å². The van der Waals surface area contributed by atoms with Crippen molar-refractivity contribution in [2.75, 3.05) is 20.3 Å². The lowest BCUT2D eigenvalue weighted by Gasteiger charge is -2.25. The van der Waals surface area contributed by atoms with Gasteiger partial charge in [-0.25, -0.2) is 0 Å². The van der Waals surface area contributed by atoms with Gasteiger partial charge in [0.2, 0.25) is 0 Å². The number of aliphatic hydroxyl groups is 1. The zero-order valence-corrected chi connectivity index (χ0v) is 17.8. The first-order valence-corrected chi connectivity index (χ1v) is 9.96. The zero-order valence-electron chi connectivity index (χ0n) is 15.5. The minimum atomic E-state index is -0.794. The largest absolute Gasteiger partial charge is 0.507 e. The van der Waals surface area contributed by atoms with Crippen LogP contribution in [-0.2, 0) is 14.3 Å². The predicted molar refractivity (Wildman–Crippen MR) is 113 cm³/mol. The quantitative estimate of drug-likeness (QED) is 0.285. The van der Waals surface area contributed by atoms with Crippen LogP contribution in [0.5, 0.6) is 0 Å². The molecule has 0 aliphatic carbocycles. The summed E-state index contributed by atoms with van der Waals surface area (Å²) in [7, 11) is 1.56. The number of nitrogens with zero attached hydrogens (tertiary/aromatic N) is 1. The molecule has 1 aliphatic rings. The normalized spacial score (nSPS) is 18.5. The van der Waals surface area contributed by atoms with E-state index in [0.29, 0.717) is 34.2 Å². The summed E-state index contributed by atoms with van der Waals surface area (Å²) in [5.74, 6) is -1.72. The first-order chi connectivity index (χ1) is 13.8. The summed E-state index contributed by atoms with van der Waals surface area (Å²) >= 11 is 18.1. The van der Waals surface area contributed by atoms with Crippen molar-refractivity contribution in [2.45, 2.75) is 12.5 Å². The summed E-state index contributed by atoms with van der Waals surface area (Å²) in [4.78, 5) is 27.0. The fourth-order valence-corrected chi connectivity index (χ4v) is 3.71. The summed E-state index contributed by atoms with van der Waals surface area (Å²) in [6.45, 7) is 0.703. The highest BCUT2D eigenvalue weighted by atomic mass is 35.5. The number of benzene rings is 2. The molecule has 1 amide bonds. The molecule has 1 saturated heterocycles. The van der Waals surface area contributed by atoms with Gasteiger partial charge in [0.15, 0.2) is 0 Å². The minimum Gasteiger partial charge on any atom is -0.507 e. The number of methoxy groups -OCH3 is 1. The highest BCUT2D eigenvalue weighted by molar-refractivity contribution is 6.47. The average molecular weight is 455 g/mol. The molecule has 0 bridgehead atoms. The number of carbonyl (C=O) groups is 2. The van der Waals surface area contributed by atoms with Crippen LogP contribution in [0.4, 0.5) is 0 Å². The van der Waals surface area contributed by atoms with E-state index in [1.54, 1.807) is 49.6 Å². The second kappa shape index (κ2) is 9.18. The molecule has 29 heavy (non-hydrogen) atoms. The molecule has 2 aromatic rings. The van der Waals surface area contributed by atoms with Crippen LogP contribution in [0.3, 0.4) is 0 Å². The van der Waals surface area contributed by atoms with Gasteiger partial charge in [0.05, 0.1) is 21.7 Å². The third-order valence-electron chi connectivity index (χ3n) is 4.66. The summed E-state index contributed by atoms with van der Waals surface area (Å²) < 4.78 is 5.06. The van der Waals surface area contributed by atoms with Crippen molar-refractivity contribution in [3.05, 3.63) is 74.2 Å². The Morgan fingerprint density at radius 3 is 2.38 bits per heavy atom. The van der Waals surface area contributed by atoms with E-state index in [1.807, 2.05) is 0 Å². The minimum absolute atomic E-state index is 0.00636. The molecule has 0 aromatic heterocycles. The molecule has 1 unspecified atom stereocenters. The fraction of sp³-hybridized carbons (Fsp3) is 0.238. The second-order valence-electron chi connectivity index (χ2n) is 6.52. The number of halogens is 3. The molecule has 5 nitrogen and oxygen atoms in total. The molecular weight excluding hydrogens is 437 g/mol. The molecule has 0 saturated carbocycles. The summed E-state index contributed by atoms with van der Waals surface area (Å²) in [6, 6.07) is 10.4. The molecule has 152 valence electrons. The molecule has 3 rings (SSSR count). The van der Waals surface area contributed by atoms with Gasteiger partial charge >= 0.3 is 0 Å². The molecule has 1 atom stereocenters. The Morgan fingerprint density at radius 2 is 1.76 bits per heavy atom. The van der Waals surface area contributed by atoms with E-state index < -0.39 is 17.7 Å². The van der Waals surface area contributed by atoms with Crippen LogP contribution in [0.2, 0.25) is 15.1 Å². The highest BCUT2D eigenvalue weighted by Crippen LogP contribution is 2.41. The van der Waals surface area contributed by atoms with Gasteiger partial charge < -0.3 is 14.7 Å². The third-order valence-corrected chi connectivity index (χ3v) is 5.66. The van der Waals surface area contributed by atoms with Crippen molar-refractivity contribution in [1.82, 2.24) is 4.90 Å². The van der Waals surface area contributed by atoms with Crippen LogP contribution in [-0.4, -0.2) is 42.0 Å². The Morgan fingerprint density at radius 1 is 1.07 bits per heavy atom. The van der Waals surface area contributed by atoms with E-state index in [0.717, 1.165) is 0 Å². The summed E-state index contributed by atoms with van der Waals surface area (Å²) in [6.07, 6.45) is 0.530. The highest BCUT2D eigenvalue weighted by Gasteiger charge is 2.45. The average Bonchev–Trinajstić information content (AvgIpc) is 2.95. The first-order valence-electron chi connectivity index (χ1n) is 8.83. The maximum Gasteiger partial charge on any atom is 0.295 e. The number of rotatable bonds is 6. The van der Waals surface area contributed by atoms with Crippen LogP contribution in [0, 0.1) is 0 Å². The van der Waals surface area contributed by atoms with Crippen molar-refractivity contribution in [3.63, 3.8) is 0 Å². The van der Waals surface area contributed by atoms with Gasteiger partial charge in [-0.1, -0.05) is 40.9 Å². The standard InChI is InChI=1S/C21H18Cl3NO4/c1-29-10-2-9-25-18(13-5-8-15(23)16(24)11-13)17(20(27)21(25)28)19(26)12-3-6-14(22)7-4-12/h3-8,11,18,26H,2,9-10H2,1H3. The van der Waals surface area contributed by atoms with Crippen molar-refractivity contribution >= 4 is 52.3 Å². The van der Waals surface area contributed by atoms with Crippen molar-refractivity contribution in [2.24, 2.45) is 0 Å². The van der Waals surface area contributed by atoms with Crippen molar-refractivity contribution in [3.8, 4) is 0 Å². The summed E-state index contributed by atoms with van der Waals surface area (Å²) in [5.41, 5.74) is 0.953. The number of hydrogen-bond donors (Lipinski definition) is 1. The summed E-state index contributed by atoms with van der Waals surface area (Å²) in [5, 5.41) is 12.0. The second-order valence-corrected chi connectivity index (χ2v) is 7.77. The van der Waals surface area contributed by atoms with Crippen LogP contribution in [0.25, 0.3) is 5.76 Å². The Kier molecular flexibility index (Phi) is 6.85. The SMILES string of the molecule is COCCCN1C(=O)C(=O)C(=C(O)c2ccc(Cl)cc2)C1c1ccc(Cl)c(Cl)c1. The number of ether oxygens (including phenoxy) is 1. The monoisotopic (exact) mass is 453 g/mol. The number of amides is 1. The molecule has 1 fully saturated rings. The fourth-order valence-electron chi connectivity index (χ4n) is 3.28. The maximum absolute atomic E-state index is 12.8. The Bertz CT molecular complexity index is 972. The number of likely N-dealkylation sites (tertiary alicyclic amines) is 1. The lowest BCUT2D eigenvalue weighted by atomic mass is 9.95. The Hall–Kier alpha value is -2.05. The van der Waals surface area contributed by atoms with Gasteiger partial charge in [0.1, 0.15) is 5.76 Å². The number of hydrogen-bond acceptors (Lipinski definition) is 4. The van der Waals surface area contributed by atoms with Crippen LogP contribution >= 0.6 is 34.8 Å². The van der Waals surface area contributed by atoms with E-state index in [1.165, 1.54) is 4.90 Å². The molecule has 0 radical (unpaired) electrons. The van der Waals surface area contributed by atoms with Crippen LogP contribution in [0.15, 0.2) is 48.0 Å². The molecule has 1 heterocycles. The van der Waals surface area contributed by atoms with E-state index in [4.69, 9.17) is 39.5 Å². The molecule has 1 N–H and O–H groups in total. The molecule has 1 aliphatic heterocycles. The number of aliphatic hydroxyl groups excluding tert-OH is 1. The van der Waals surface area contributed by atoms with Gasteiger partial charge in [-0.3, -0.25) is 9.59 Å². The lowest BCUT2D eigenvalue weighted by molar-refractivity contribution is -0.140. The third kappa shape index (κ3) is 4.43. The molecule has 0 spiro atoms. The molecule has 8 heteroatoms. The van der Waals surface area contributed by atoms with Gasteiger partial charge in [0.25, 0.3) is 11.7 Å². The molecule has 2 aromatic carbocycles. The van der Waals surface area contributed by atoms with Gasteiger partial charge in [-0.2, -0.15) is 0 Å².